The van der Waals surface area contributed by atoms with E-state index in [1.54, 1.807) is 19.1 Å². The molecule has 1 aliphatic rings. The maximum Gasteiger partial charge on any atom is 0.262 e. The van der Waals surface area contributed by atoms with E-state index >= 15 is 0 Å². The maximum absolute atomic E-state index is 13.2. The second kappa shape index (κ2) is 9.13. The summed E-state index contributed by atoms with van der Waals surface area (Å²) in [6, 6.07) is 12.6. The summed E-state index contributed by atoms with van der Waals surface area (Å²) < 4.78 is 33.0. The number of hydrogen-bond acceptors (Lipinski definition) is 6. The third-order valence-electron chi connectivity index (χ3n) is 5.35. The van der Waals surface area contributed by atoms with Crippen molar-refractivity contribution in [2.45, 2.75) is 43.9 Å². The Kier molecular flexibility index (Phi) is 6.77. The van der Waals surface area contributed by atoms with Crippen molar-refractivity contribution in [3.8, 4) is 5.75 Å². The first-order chi connectivity index (χ1) is 14.2. The predicted octanol–water partition coefficient (Wildman–Crippen LogP) is 1.84. The number of aliphatic hydroxyl groups is 1. The minimum Gasteiger partial charge on any atom is -0.489 e. The standard InChI is InChI=1S/C21H26N2O6S/c1-14-5-3-4-6-16(14)13-29-18-7-9-19(10-8-18)30(27,28)23-12-17(24)11-15(2)20(23)21(25)22-26/h3-10,15,17,20,24,26H,11-13H2,1-2H3,(H,22,25)/t15?,17-,20?/m1/s1. The van der Waals surface area contributed by atoms with Gasteiger partial charge in [-0.15, -0.1) is 0 Å². The zero-order valence-corrected chi connectivity index (χ0v) is 17.7. The Morgan fingerprint density at radius 2 is 1.87 bits per heavy atom. The van der Waals surface area contributed by atoms with Gasteiger partial charge in [0.2, 0.25) is 10.0 Å². The summed E-state index contributed by atoms with van der Waals surface area (Å²) in [5.41, 5.74) is 3.66. The highest BCUT2D eigenvalue weighted by Crippen LogP contribution is 2.30. The number of sulfonamides is 1. The molecule has 3 N–H and O–H groups in total. The molecule has 0 radical (unpaired) electrons. The summed E-state index contributed by atoms with van der Waals surface area (Å²) in [4.78, 5) is 12.1. The minimum atomic E-state index is -4.08. The number of ether oxygens (including phenoxy) is 1. The third kappa shape index (κ3) is 4.65. The second-order valence-electron chi connectivity index (χ2n) is 7.55. The van der Waals surface area contributed by atoms with E-state index in [4.69, 9.17) is 9.94 Å². The van der Waals surface area contributed by atoms with E-state index in [1.165, 1.54) is 17.6 Å². The SMILES string of the molecule is Cc1ccccc1COc1ccc(S(=O)(=O)N2C[C@H](O)CC(C)C2C(=O)NO)cc1. The summed E-state index contributed by atoms with van der Waals surface area (Å²) in [5, 5.41) is 19.1. The number of hydrogen-bond donors (Lipinski definition) is 3. The summed E-state index contributed by atoms with van der Waals surface area (Å²) >= 11 is 0. The number of nitrogens with zero attached hydrogens (tertiary/aromatic N) is 1. The fourth-order valence-corrected chi connectivity index (χ4v) is 5.44. The third-order valence-corrected chi connectivity index (χ3v) is 7.21. The minimum absolute atomic E-state index is 0.0252. The normalized spacial score (nSPS) is 22.5. The van der Waals surface area contributed by atoms with Crippen LogP contribution in [-0.2, 0) is 21.4 Å². The second-order valence-corrected chi connectivity index (χ2v) is 9.44. The molecule has 162 valence electrons. The van der Waals surface area contributed by atoms with Gasteiger partial charge in [0.05, 0.1) is 11.0 Å². The van der Waals surface area contributed by atoms with Gasteiger partial charge in [0.25, 0.3) is 5.91 Å². The topological polar surface area (TPSA) is 116 Å². The molecule has 0 bridgehead atoms. The fourth-order valence-electron chi connectivity index (χ4n) is 3.72. The molecule has 9 heteroatoms. The maximum atomic E-state index is 13.2. The Morgan fingerprint density at radius 1 is 1.20 bits per heavy atom. The highest BCUT2D eigenvalue weighted by atomic mass is 32.2. The van der Waals surface area contributed by atoms with Crippen LogP contribution < -0.4 is 10.2 Å². The van der Waals surface area contributed by atoms with E-state index < -0.39 is 34.0 Å². The molecule has 2 aromatic carbocycles. The Hall–Kier alpha value is -2.46. The highest BCUT2D eigenvalue weighted by Gasteiger charge is 2.44. The molecule has 2 aromatic rings. The van der Waals surface area contributed by atoms with Gasteiger partial charge in [-0.3, -0.25) is 10.0 Å². The molecule has 30 heavy (non-hydrogen) atoms. The molecule has 2 unspecified atom stereocenters. The number of nitrogens with one attached hydrogen (secondary N) is 1. The predicted molar refractivity (Wildman–Crippen MR) is 109 cm³/mol. The lowest BCUT2D eigenvalue weighted by molar-refractivity contribution is -0.137. The average molecular weight is 435 g/mol. The van der Waals surface area contributed by atoms with Crippen molar-refractivity contribution >= 4 is 15.9 Å². The lowest BCUT2D eigenvalue weighted by Gasteiger charge is -2.39. The number of β-amino-alcohol motifs (C(OH)–C–C–N with tert-alkyl or cyclic N) is 1. The number of rotatable bonds is 6. The van der Waals surface area contributed by atoms with Crippen molar-refractivity contribution in [1.29, 1.82) is 0 Å². The van der Waals surface area contributed by atoms with Crippen LogP contribution in [0.15, 0.2) is 53.4 Å². The molecular formula is C21H26N2O6S. The van der Waals surface area contributed by atoms with Gasteiger partial charge in [-0.05, 0) is 54.7 Å². The molecule has 1 aliphatic heterocycles. The lowest BCUT2D eigenvalue weighted by Crippen LogP contribution is -2.58. The smallest absolute Gasteiger partial charge is 0.262 e. The van der Waals surface area contributed by atoms with Gasteiger partial charge in [-0.1, -0.05) is 31.2 Å². The molecule has 1 amide bonds. The quantitative estimate of drug-likeness (QED) is 0.472. The first-order valence-corrected chi connectivity index (χ1v) is 11.1. The number of carbonyl (C=O) groups excluding carboxylic acids is 1. The number of aryl methyl sites for hydroxylation is 1. The van der Waals surface area contributed by atoms with Crippen LogP contribution in [0.4, 0.5) is 0 Å². The van der Waals surface area contributed by atoms with Crippen LogP contribution in [-0.4, -0.2) is 47.6 Å². The number of carbonyl (C=O) groups is 1. The molecule has 1 saturated heterocycles. The van der Waals surface area contributed by atoms with Crippen molar-refractivity contribution < 1.29 is 28.3 Å². The van der Waals surface area contributed by atoms with Crippen LogP contribution in [0.3, 0.4) is 0 Å². The molecule has 3 atom stereocenters. The van der Waals surface area contributed by atoms with E-state index in [0.29, 0.717) is 12.4 Å². The number of aliphatic hydroxyl groups excluding tert-OH is 1. The summed E-state index contributed by atoms with van der Waals surface area (Å²) in [5.74, 6) is -0.780. The van der Waals surface area contributed by atoms with Crippen molar-refractivity contribution in [3.05, 3.63) is 59.7 Å². The number of amides is 1. The van der Waals surface area contributed by atoms with E-state index in [-0.39, 0.29) is 17.9 Å². The van der Waals surface area contributed by atoms with E-state index in [9.17, 15) is 18.3 Å². The van der Waals surface area contributed by atoms with Crippen LogP contribution in [0.5, 0.6) is 5.75 Å². The first kappa shape index (κ1) is 22.2. The monoisotopic (exact) mass is 434 g/mol. The molecule has 8 nitrogen and oxygen atoms in total. The summed E-state index contributed by atoms with van der Waals surface area (Å²) in [7, 11) is -4.08. The van der Waals surface area contributed by atoms with Gasteiger partial charge in [-0.25, -0.2) is 13.9 Å². The Labute approximate surface area is 176 Å². The van der Waals surface area contributed by atoms with Gasteiger partial charge >= 0.3 is 0 Å². The molecule has 0 aromatic heterocycles. The molecule has 0 spiro atoms. The Bertz CT molecular complexity index is 993. The van der Waals surface area contributed by atoms with Crippen LogP contribution in [0.25, 0.3) is 0 Å². The fraction of sp³-hybridized carbons (Fsp3) is 0.381. The van der Waals surface area contributed by atoms with E-state index in [2.05, 4.69) is 0 Å². The zero-order chi connectivity index (χ0) is 21.9. The van der Waals surface area contributed by atoms with Crippen molar-refractivity contribution in [2.24, 2.45) is 5.92 Å². The zero-order valence-electron chi connectivity index (χ0n) is 16.9. The molecule has 0 saturated carbocycles. The van der Waals surface area contributed by atoms with Crippen molar-refractivity contribution in [1.82, 2.24) is 9.79 Å². The average Bonchev–Trinajstić information content (AvgIpc) is 2.72. The van der Waals surface area contributed by atoms with Gasteiger partial charge in [0.1, 0.15) is 18.4 Å². The molecule has 3 rings (SSSR count). The highest BCUT2D eigenvalue weighted by molar-refractivity contribution is 7.89. The van der Waals surface area contributed by atoms with Crippen molar-refractivity contribution in [2.75, 3.05) is 6.54 Å². The van der Waals surface area contributed by atoms with Gasteiger partial charge in [0.15, 0.2) is 0 Å². The summed E-state index contributed by atoms with van der Waals surface area (Å²) in [6.07, 6.45) is -0.635. The van der Waals surface area contributed by atoms with Crippen LogP contribution in [0.1, 0.15) is 24.5 Å². The molecule has 1 heterocycles. The Balaban J connectivity index is 1.79. The van der Waals surface area contributed by atoms with Crippen molar-refractivity contribution in [3.63, 3.8) is 0 Å². The van der Waals surface area contributed by atoms with Gasteiger partial charge in [0, 0.05) is 6.54 Å². The molecular weight excluding hydrogens is 408 g/mol. The molecule has 0 aliphatic carbocycles. The number of benzene rings is 2. The number of piperidine rings is 1. The van der Waals surface area contributed by atoms with Crippen LogP contribution in [0.2, 0.25) is 0 Å². The van der Waals surface area contributed by atoms with Crippen LogP contribution >= 0.6 is 0 Å². The Morgan fingerprint density at radius 3 is 2.50 bits per heavy atom. The van der Waals surface area contributed by atoms with E-state index in [0.717, 1.165) is 15.4 Å². The first-order valence-electron chi connectivity index (χ1n) is 9.65. The lowest BCUT2D eigenvalue weighted by atomic mass is 9.91. The number of hydroxylamine groups is 1. The molecule has 1 fully saturated rings. The van der Waals surface area contributed by atoms with Gasteiger partial charge < -0.3 is 9.84 Å². The van der Waals surface area contributed by atoms with Gasteiger partial charge in [-0.2, -0.15) is 4.31 Å². The largest absolute Gasteiger partial charge is 0.489 e. The van der Waals surface area contributed by atoms with Crippen LogP contribution in [0, 0.1) is 12.8 Å². The summed E-state index contributed by atoms with van der Waals surface area (Å²) in [6.45, 7) is 3.78. The van der Waals surface area contributed by atoms with E-state index in [1.807, 2.05) is 31.2 Å².